The van der Waals surface area contributed by atoms with Gasteiger partial charge in [0.2, 0.25) is 5.91 Å². The van der Waals surface area contributed by atoms with Gasteiger partial charge in [0.05, 0.1) is 11.2 Å². The first-order chi connectivity index (χ1) is 13.7. The Bertz CT molecular complexity index is 945. The molecule has 28 heavy (non-hydrogen) atoms. The van der Waals surface area contributed by atoms with Gasteiger partial charge in [-0.2, -0.15) is 5.10 Å². The summed E-state index contributed by atoms with van der Waals surface area (Å²) in [6.45, 7) is 5.45. The summed E-state index contributed by atoms with van der Waals surface area (Å²) in [5, 5.41) is 11.2. The van der Waals surface area contributed by atoms with E-state index in [1.165, 1.54) is 19.3 Å². The first-order valence-corrected chi connectivity index (χ1v) is 10.1. The summed E-state index contributed by atoms with van der Waals surface area (Å²) in [7, 11) is 0. The topological polar surface area (TPSA) is 73.9 Å². The highest BCUT2D eigenvalue weighted by Crippen LogP contribution is 2.23. The molecule has 1 aromatic carbocycles. The number of nitrogens with zero attached hydrogens (tertiary/aromatic N) is 3. The van der Waals surface area contributed by atoms with Gasteiger partial charge in [0.15, 0.2) is 5.82 Å². The normalized spacial score (nSPS) is 16.2. The molecule has 0 radical (unpaired) electrons. The maximum Gasteiger partial charge on any atom is 0.225 e. The standard InChI is InChI=1S/C22H27N5O/c1-16(15-27-9-5-2-6-10-27)11-22(28)24-21-13-20(25-26-21)18-12-17-7-3-4-8-19(17)23-14-18/h3-4,7-8,12-14,16H,2,5-6,9-11,15H2,1H3,(H2,24,25,26,28). The van der Waals surface area contributed by atoms with E-state index in [9.17, 15) is 4.79 Å². The van der Waals surface area contributed by atoms with E-state index in [0.29, 0.717) is 18.2 Å². The van der Waals surface area contributed by atoms with Crippen molar-refractivity contribution in [3.8, 4) is 11.3 Å². The van der Waals surface area contributed by atoms with E-state index in [1.807, 2.05) is 36.5 Å². The number of carbonyl (C=O) groups excluding carboxylic acids is 1. The Morgan fingerprint density at radius 2 is 2.04 bits per heavy atom. The third-order valence-corrected chi connectivity index (χ3v) is 5.30. The van der Waals surface area contributed by atoms with Crippen LogP contribution in [0.4, 0.5) is 5.82 Å². The molecule has 1 aliphatic heterocycles. The molecule has 0 bridgehead atoms. The summed E-state index contributed by atoms with van der Waals surface area (Å²) in [5.41, 5.74) is 2.75. The van der Waals surface area contributed by atoms with Gasteiger partial charge in [-0.3, -0.25) is 14.9 Å². The van der Waals surface area contributed by atoms with E-state index in [0.717, 1.165) is 41.8 Å². The minimum Gasteiger partial charge on any atom is -0.309 e. The van der Waals surface area contributed by atoms with Crippen molar-refractivity contribution in [3.63, 3.8) is 0 Å². The van der Waals surface area contributed by atoms with Crippen molar-refractivity contribution < 1.29 is 4.79 Å². The fourth-order valence-corrected chi connectivity index (χ4v) is 3.91. The second-order valence-corrected chi connectivity index (χ2v) is 7.80. The van der Waals surface area contributed by atoms with Crippen LogP contribution in [0.3, 0.4) is 0 Å². The summed E-state index contributed by atoms with van der Waals surface area (Å²) in [6, 6.07) is 11.9. The molecule has 0 saturated carbocycles. The van der Waals surface area contributed by atoms with Crippen molar-refractivity contribution in [2.45, 2.75) is 32.6 Å². The lowest BCUT2D eigenvalue weighted by atomic mass is 10.0. The number of pyridine rings is 1. The molecular formula is C22H27N5O. The lowest BCUT2D eigenvalue weighted by Gasteiger charge is -2.28. The van der Waals surface area contributed by atoms with Gasteiger partial charge in [-0.1, -0.05) is 31.5 Å². The van der Waals surface area contributed by atoms with Gasteiger partial charge in [-0.15, -0.1) is 0 Å². The molecule has 146 valence electrons. The van der Waals surface area contributed by atoms with E-state index < -0.39 is 0 Å². The number of amides is 1. The summed E-state index contributed by atoms with van der Waals surface area (Å²) >= 11 is 0. The number of anilines is 1. The number of fused-ring (bicyclic) bond motifs is 1. The molecule has 1 saturated heterocycles. The van der Waals surface area contributed by atoms with E-state index in [1.54, 1.807) is 0 Å². The SMILES string of the molecule is CC(CC(=O)Nc1cc(-c2cnc3ccccc3c2)[nH]n1)CN1CCCCC1. The van der Waals surface area contributed by atoms with Crippen LogP contribution in [0.5, 0.6) is 0 Å². The number of para-hydroxylation sites is 1. The molecule has 1 atom stereocenters. The van der Waals surface area contributed by atoms with Gasteiger partial charge in [0.1, 0.15) is 0 Å². The number of nitrogens with one attached hydrogen (secondary N) is 2. The van der Waals surface area contributed by atoms with Crippen LogP contribution >= 0.6 is 0 Å². The van der Waals surface area contributed by atoms with E-state index in [2.05, 4.69) is 38.4 Å². The van der Waals surface area contributed by atoms with Crippen LogP contribution in [-0.2, 0) is 4.79 Å². The lowest BCUT2D eigenvalue weighted by molar-refractivity contribution is -0.117. The monoisotopic (exact) mass is 377 g/mol. The summed E-state index contributed by atoms with van der Waals surface area (Å²) in [6.07, 6.45) is 6.22. The maximum atomic E-state index is 12.4. The fraction of sp³-hybridized carbons (Fsp3) is 0.409. The Kier molecular flexibility index (Phi) is 5.67. The number of hydrogen-bond acceptors (Lipinski definition) is 4. The molecule has 2 N–H and O–H groups in total. The Balaban J connectivity index is 1.35. The van der Waals surface area contributed by atoms with Gasteiger partial charge in [-0.25, -0.2) is 0 Å². The van der Waals surface area contributed by atoms with E-state index >= 15 is 0 Å². The van der Waals surface area contributed by atoms with Crippen molar-refractivity contribution in [1.82, 2.24) is 20.1 Å². The molecular weight excluding hydrogens is 350 g/mol. The zero-order chi connectivity index (χ0) is 19.3. The van der Waals surface area contributed by atoms with Crippen molar-refractivity contribution in [2.75, 3.05) is 25.0 Å². The highest BCUT2D eigenvalue weighted by molar-refractivity contribution is 5.90. The number of likely N-dealkylation sites (tertiary alicyclic amines) is 1. The lowest BCUT2D eigenvalue weighted by Crippen LogP contribution is -2.34. The smallest absolute Gasteiger partial charge is 0.225 e. The Labute approximate surface area is 165 Å². The molecule has 4 rings (SSSR count). The minimum absolute atomic E-state index is 0.0131. The molecule has 1 aliphatic rings. The number of aromatic nitrogens is 3. The van der Waals surface area contributed by atoms with Gasteiger partial charge >= 0.3 is 0 Å². The predicted octanol–water partition coefficient (Wildman–Crippen LogP) is 4.08. The first kappa shape index (κ1) is 18.6. The van der Waals surface area contributed by atoms with Gasteiger partial charge in [0, 0.05) is 36.2 Å². The van der Waals surface area contributed by atoms with Gasteiger partial charge in [-0.05, 0) is 44.0 Å². The molecule has 0 spiro atoms. The molecule has 1 amide bonds. The summed E-state index contributed by atoms with van der Waals surface area (Å²) in [4.78, 5) is 19.3. The van der Waals surface area contributed by atoms with Crippen LogP contribution in [-0.4, -0.2) is 45.6 Å². The number of rotatable bonds is 6. The van der Waals surface area contributed by atoms with Crippen LogP contribution in [0.1, 0.15) is 32.6 Å². The Morgan fingerprint density at radius 1 is 1.21 bits per heavy atom. The highest BCUT2D eigenvalue weighted by atomic mass is 16.1. The average Bonchev–Trinajstić information content (AvgIpc) is 3.16. The predicted molar refractivity (Wildman–Crippen MR) is 112 cm³/mol. The summed E-state index contributed by atoms with van der Waals surface area (Å²) < 4.78 is 0. The minimum atomic E-state index is 0.0131. The zero-order valence-corrected chi connectivity index (χ0v) is 16.3. The third-order valence-electron chi connectivity index (χ3n) is 5.30. The van der Waals surface area contributed by atoms with Crippen molar-refractivity contribution in [3.05, 3.63) is 42.6 Å². The number of benzene rings is 1. The second-order valence-electron chi connectivity index (χ2n) is 7.80. The molecule has 1 unspecified atom stereocenters. The largest absolute Gasteiger partial charge is 0.309 e. The van der Waals surface area contributed by atoms with Gasteiger partial charge in [0.25, 0.3) is 0 Å². The molecule has 1 fully saturated rings. The summed E-state index contributed by atoms with van der Waals surface area (Å²) in [5.74, 6) is 0.902. The van der Waals surface area contributed by atoms with Gasteiger partial charge < -0.3 is 10.2 Å². The Hall–Kier alpha value is -2.73. The van der Waals surface area contributed by atoms with Crippen LogP contribution in [0.15, 0.2) is 42.6 Å². The Morgan fingerprint density at radius 3 is 2.89 bits per heavy atom. The molecule has 6 nitrogen and oxygen atoms in total. The average molecular weight is 377 g/mol. The fourth-order valence-electron chi connectivity index (χ4n) is 3.91. The quantitative estimate of drug-likeness (QED) is 0.679. The number of aromatic amines is 1. The molecule has 2 aromatic heterocycles. The molecule has 6 heteroatoms. The number of piperidine rings is 1. The van der Waals surface area contributed by atoms with Crippen molar-refractivity contribution in [2.24, 2.45) is 5.92 Å². The van der Waals surface area contributed by atoms with E-state index in [-0.39, 0.29) is 5.91 Å². The molecule has 3 heterocycles. The third kappa shape index (κ3) is 4.57. The van der Waals surface area contributed by atoms with Crippen LogP contribution in [0.2, 0.25) is 0 Å². The maximum absolute atomic E-state index is 12.4. The number of H-pyrrole nitrogens is 1. The van der Waals surface area contributed by atoms with Crippen molar-refractivity contribution >= 4 is 22.6 Å². The molecule has 3 aromatic rings. The second kappa shape index (κ2) is 8.52. The van der Waals surface area contributed by atoms with E-state index in [4.69, 9.17) is 0 Å². The van der Waals surface area contributed by atoms with Crippen LogP contribution < -0.4 is 5.32 Å². The van der Waals surface area contributed by atoms with Crippen LogP contribution in [0.25, 0.3) is 22.2 Å². The number of hydrogen-bond donors (Lipinski definition) is 2. The highest BCUT2D eigenvalue weighted by Gasteiger charge is 2.16. The number of carbonyl (C=O) groups is 1. The first-order valence-electron chi connectivity index (χ1n) is 10.1. The van der Waals surface area contributed by atoms with Crippen LogP contribution in [0, 0.1) is 5.92 Å². The molecule has 0 aliphatic carbocycles. The zero-order valence-electron chi connectivity index (χ0n) is 16.3. The van der Waals surface area contributed by atoms with Crippen molar-refractivity contribution in [1.29, 1.82) is 0 Å².